The van der Waals surface area contributed by atoms with Crippen LogP contribution in [0.4, 0.5) is 10.1 Å². The molecule has 2 saturated heterocycles. The third-order valence-corrected chi connectivity index (χ3v) is 12.0. The van der Waals surface area contributed by atoms with Crippen molar-refractivity contribution in [3.8, 4) is 16.9 Å². The zero-order valence-electron chi connectivity index (χ0n) is 32.8. The summed E-state index contributed by atoms with van der Waals surface area (Å²) in [7, 11) is -4.37. The highest BCUT2D eigenvalue weighted by atomic mass is 32.2. The van der Waals surface area contributed by atoms with E-state index >= 15 is 0 Å². The van der Waals surface area contributed by atoms with Crippen molar-refractivity contribution in [2.24, 2.45) is 0 Å². The van der Waals surface area contributed by atoms with Gasteiger partial charge >= 0.3 is 23.9 Å². The fraction of sp³-hybridized carbons (Fsp3) is 0.326. The number of carbonyl (C=O) groups excluding carboxylic acids is 5. The number of halogens is 1. The van der Waals surface area contributed by atoms with Gasteiger partial charge in [-0.05, 0) is 52.6 Å². The molecule has 2 heterocycles. The lowest BCUT2D eigenvalue weighted by atomic mass is 9.88. The molecule has 6 rings (SSSR count). The maximum atomic E-state index is 13.8. The molecule has 4 aromatic carbocycles. The Balaban J connectivity index is 1.31. The van der Waals surface area contributed by atoms with E-state index in [2.05, 4.69) is 0 Å². The fourth-order valence-electron chi connectivity index (χ4n) is 7.43. The first-order valence-electron chi connectivity index (χ1n) is 18.7. The minimum Gasteiger partial charge on any atom is -0.508 e. The normalized spacial score (nSPS) is 23.1. The van der Waals surface area contributed by atoms with E-state index in [0.717, 1.165) is 32.9 Å². The summed E-state index contributed by atoms with van der Waals surface area (Å²) in [4.78, 5) is 63.4. The third kappa shape index (κ3) is 9.48. The molecule has 60 heavy (non-hydrogen) atoms. The number of benzene rings is 4. The van der Waals surface area contributed by atoms with E-state index in [4.69, 9.17) is 23.7 Å². The predicted octanol–water partition coefficient (Wildman–Crippen LogP) is 4.60. The molecular weight excluding hydrogens is 806 g/mol. The van der Waals surface area contributed by atoms with E-state index < -0.39 is 106 Å². The second-order valence-electron chi connectivity index (χ2n) is 14.3. The van der Waals surface area contributed by atoms with E-state index in [1.54, 1.807) is 60.7 Å². The molecular formula is C43H42FNO14S. The minimum atomic E-state index is -4.37. The molecule has 0 saturated carbocycles. The lowest BCUT2D eigenvalue weighted by Gasteiger charge is -2.47. The van der Waals surface area contributed by atoms with Crippen molar-refractivity contribution in [3.05, 3.63) is 120 Å². The number of aliphatic hydroxyl groups excluding tert-OH is 1. The number of aromatic hydroxyl groups is 1. The van der Waals surface area contributed by atoms with Gasteiger partial charge in [0, 0.05) is 38.9 Å². The van der Waals surface area contributed by atoms with Crippen LogP contribution in [0.5, 0.6) is 5.75 Å². The summed E-state index contributed by atoms with van der Waals surface area (Å²) < 4.78 is 69.2. The number of phenolic OH excluding ortho intramolecular Hbond substituents is 1. The minimum absolute atomic E-state index is 0.126. The molecule has 0 bridgehead atoms. The van der Waals surface area contributed by atoms with E-state index in [9.17, 15) is 47.0 Å². The van der Waals surface area contributed by atoms with Crippen LogP contribution in [0.1, 0.15) is 62.6 Å². The number of hydrogen-bond donors (Lipinski definition) is 2. The number of anilines is 1. The fourth-order valence-corrected chi connectivity index (χ4v) is 9.35. The number of carbonyl (C=O) groups is 5. The summed E-state index contributed by atoms with van der Waals surface area (Å²) in [6.45, 7) is 4.16. The van der Waals surface area contributed by atoms with Crippen LogP contribution >= 0.6 is 0 Å². The van der Waals surface area contributed by atoms with Crippen LogP contribution in [-0.4, -0.2) is 90.4 Å². The molecule has 316 valence electrons. The summed E-state index contributed by atoms with van der Waals surface area (Å²) in [5, 5.41) is 20.6. The van der Waals surface area contributed by atoms with Crippen LogP contribution in [-0.2, 0) is 57.5 Å². The van der Waals surface area contributed by atoms with Crippen molar-refractivity contribution in [2.75, 3.05) is 17.3 Å². The Morgan fingerprint density at radius 2 is 1.35 bits per heavy atom. The zero-order valence-corrected chi connectivity index (χ0v) is 33.6. The van der Waals surface area contributed by atoms with Gasteiger partial charge in [0.1, 0.15) is 30.4 Å². The lowest BCUT2D eigenvalue weighted by Crippen LogP contribution is -2.62. The first-order chi connectivity index (χ1) is 28.4. The molecule has 2 aliphatic rings. The predicted molar refractivity (Wildman–Crippen MR) is 210 cm³/mol. The molecule has 0 radical (unpaired) electrons. The Kier molecular flexibility index (Phi) is 13.0. The molecule has 0 spiro atoms. The summed E-state index contributed by atoms with van der Waals surface area (Å²) in [6, 6.07) is 22.9. The van der Waals surface area contributed by atoms with Gasteiger partial charge in [0.25, 0.3) is 0 Å². The van der Waals surface area contributed by atoms with Crippen molar-refractivity contribution in [3.63, 3.8) is 0 Å². The van der Waals surface area contributed by atoms with Crippen molar-refractivity contribution in [1.29, 1.82) is 0 Å². The Bertz CT molecular complexity index is 2360. The first-order valence-corrected chi connectivity index (χ1v) is 20.4. The van der Waals surface area contributed by atoms with Crippen LogP contribution in [0.15, 0.2) is 97.1 Å². The topological polar surface area (TPSA) is 209 Å². The Hall–Kier alpha value is -6.17. The smallest absolute Gasteiger partial charge is 0.303 e. The molecule has 15 nitrogen and oxygen atoms in total. The van der Waals surface area contributed by atoms with Crippen LogP contribution in [0.3, 0.4) is 0 Å². The van der Waals surface area contributed by atoms with E-state index in [1.807, 2.05) is 0 Å². The number of sulfone groups is 1. The molecule has 4 aromatic rings. The van der Waals surface area contributed by atoms with Crippen LogP contribution in [0.2, 0.25) is 0 Å². The molecule has 0 aromatic heterocycles. The number of aliphatic hydroxyl groups is 1. The first kappa shape index (κ1) is 43.4. The third-order valence-electron chi connectivity index (χ3n) is 10.0. The highest BCUT2D eigenvalue weighted by Gasteiger charge is 2.57. The van der Waals surface area contributed by atoms with Gasteiger partial charge in [0.05, 0.1) is 17.9 Å². The molecule has 2 fully saturated rings. The highest BCUT2D eigenvalue weighted by Crippen LogP contribution is 2.47. The number of ether oxygens (including phenoxy) is 5. The molecule has 1 unspecified atom stereocenters. The van der Waals surface area contributed by atoms with Gasteiger partial charge in [-0.1, -0.05) is 66.7 Å². The maximum Gasteiger partial charge on any atom is 0.303 e. The summed E-state index contributed by atoms with van der Waals surface area (Å²) in [5.74, 6) is -5.43. The van der Waals surface area contributed by atoms with Gasteiger partial charge in [-0.15, -0.1) is 0 Å². The van der Waals surface area contributed by atoms with Crippen molar-refractivity contribution in [1.82, 2.24) is 0 Å². The lowest BCUT2D eigenvalue weighted by molar-refractivity contribution is -0.254. The number of phenols is 1. The quantitative estimate of drug-likeness (QED) is 0.107. The van der Waals surface area contributed by atoms with Gasteiger partial charge in [-0.2, -0.15) is 0 Å². The monoisotopic (exact) mass is 847 g/mol. The number of para-hydroxylation sites is 1. The summed E-state index contributed by atoms with van der Waals surface area (Å²) >= 11 is 0. The molecule has 17 heteroatoms. The second kappa shape index (κ2) is 18.0. The van der Waals surface area contributed by atoms with Crippen LogP contribution in [0, 0.1) is 5.82 Å². The SMILES string of the molecule is CC(=O)OC[C@H]1OC(c2ccc(-c3ccc([C@@H]4[C@@H](S(=O)(=O)C[C@H](O)c5ccc(F)cc5)C(=O)N4c4ccccc4)c(O)c3)cc2)[C@H](OC(C)=O)[C@@H](OC(C)=O)[C@@H]1OC(C)=O. The van der Waals surface area contributed by atoms with Gasteiger partial charge in [-0.25, -0.2) is 12.8 Å². The molecule has 8 atom stereocenters. The second-order valence-corrected chi connectivity index (χ2v) is 16.5. The average Bonchev–Trinajstić information content (AvgIpc) is 3.18. The van der Waals surface area contributed by atoms with Gasteiger partial charge in [0.2, 0.25) is 5.91 Å². The van der Waals surface area contributed by atoms with Gasteiger partial charge in [0.15, 0.2) is 33.4 Å². The summed E-state index contributed by atoms with van der Waals surface area (Å²) in [6.07, 6.45) is -7.86. The van der Waals surface area contributed by atoms with Crippen molar-refractivity contribution >= 4 is 45.3 Å². The zero-order chi connectivity index (χ0) is 43.5. The molecule has 1 amide bonds. The molecule has 2 aliphatic heterocycles. The maximum absolute atomic E-state index is 13.8. The van der Waals surface area contributed by atoms with Crippen LogP contribution in [0.25, 0.3) is 11.1 Å². The van der Waals surface area contributed by atoms with Gasteiger partial charge < -0.3 is 38.8 Å². The number of rotatable bonds is 13. The summed E-state index contributed by atoms with van der Waals surface area (Å²) in [5.41, 5.74) is 2.12. The van der Waals surface area contributed by atoms with Crippen molar-refractivity contribution < 1.29 is 70.7 Å². The number of hydrogen-bond acceptors (Lipinski definition) is 14. The molecule has 2 N–H and O–H groups in total. The van der Waals surface area contributed by atoms with Gasteiger partial charge in [-0.3, -0.25) is 24.0 Å². The van der Waals surface area contributed by atoms with E-state index in [-0.39, 0.29) is 16.9 Å². The number of nitrogens with zero attached hydrogens (tertiary/aromatic N) is 1. The molecule has 0 aliphatic carbocycles. The van der Waals surface area contributed by atoms with Crippen LogP contribution < -0.4 is 4.90 Å². The van der Waals surface area contributed by atoms with Crippen molar-refractivity contribution in [2.45, 2.75) is 75.6 Å². The standard InChI is InChI=1S/C43H42FNO14S/c1-23(46)55-21-36-39(56-24(2)47)41(58-26(4)49)40(57-25(3)48)38(59-36)29-12-10-27(11-13-29)30-16-19-33(34(50)20-30)37-42(43(52)45(37)32-8-6-5-7-9-32)60(53,54)22-35(51)28-14-17-31(44)18-15-28/h5-20,35-42,50-51H,21-22H2,1-4H3/t35-,36+,37+,38?,39+,40-,41-,42+/m0/s1. The Morgan fingerprint density at radius 3 is 1.93 bits per heavy atom. The number of amides is 1. The Labute approximate surface area is 344 Å². The highest BCUT2D eigenvalue weighted by molar-refractivity contribution is 7.93. The Morgan fingerprint density at radius 1 is 0.767 bits per heavy atom. The average molecular weight is 848 g/mol. The number of esters is 4. The van der Waals surface area contributed by atoms with E-state index in [1.165, 1.54) is 36.1 Å². The number of β-lactam (4-membered cyclic amide) rings is 1. The van der Waals surface area contributed by atoms with E-state index in [0.29, 0.717) is 22.4 Å². The largest absolute Gasteiger partial charge is 0.508 e.